The molecule has 2 rings (SSSR count). The van der Waals surface area contributed by atoms with E-state index in [1.54, 1.807) is 4.90 Å². The number of nitrogens with zero attached hydrogens (tertiary/aromatic N) is 1. The van der Waals surface area contributed by atoms with Gasteiger partial charge >= 0.3 is 6.09 Å². The van der Waals surface area contributed by atoms with Crippen LogP contribution in [0.4, 0.5) is 4.79 Å². The largest absolute Gasteiger partial charge is 0.447 e. The molecule has 3 nitrogen and oxygen atoms in total. The molecule has 1 amide bonds. The molecule has 0 N–H and O–H groups in total. The summed E-state index contributed by atoms with van der Waals surface area (Å²) in [4.78, 5) is 12.9. The van der Waals surface area contributed by atoms with E-state index >= 15 is 0 Å². The van der Waals surface area contributed by atoms with Gasteiger partial charge in [0.05, 0.1) is 5.54 Å². The molecule has 2 fully saturated rings. The van der Waals surface area contributed by atoms with Gasteiger partial charge in [-0.05, 0) is 12.8 Å². The van der Waals surface area contributed by atoms with Crippen LogP contribution >= 0.6 is 0 Å². The van der Waals surface area contributed by atoms with Gasteiger partial charge in [-0.2, -0.15) is 0 Å². The molecule has 2 aliphatic rings. The Kier molecular flexibility index (Phi) is 1.74. The summed E-state index contributed by atoms with van der Waals surface area (Å²) in [7, 11) is 1.86. The first kappa shape index (κ1) is 7.90. The maximum atomic E-state index is 11.2. The molecule has 0 unspecified atom stereocenters. The van der Waals surface area contributed by atoms with Crippen molar-refractivity contribution in [3.05, 3.63) is 0 Å². The quantitative estimate of drug-likeness (QED) is 0.553. The Morgan fingerprint density at radius 3 is 2.50 bits per heavy atom. The van der Waals surface area contributed by atoms with Crippen molar-refractivity contribution in [3.8, 4) is 0 Å². The van der Waals surface area contributed by atoms with Crippen LogP contribution in [0.5, 0.6) is 0 Å². The zero-order valence-electron chi connectivity index (χ0n) is 7.51. The van der Waals surface area contributed by atoms with E-state index in [9.17, 15) is 4.79 Å². The van der Waals surface area contributed by atoms with Crippen LogP contribution < -0.4 is 0 Å². The molecule has 0 atom stereocenters. The molecule has 0 aromatic rings. The van der Waals surface area contributed by atoms with E-state index in [2.05, 4.69) is 0 Å². The third kappa shape index (κ3) is 0.993. The fraction of sp³-hybridized carbons (Fsp3) is 0.889. The van der Waals surface area contributed by atoms with Crippen LogP contribution in [-0.4, -0.2) is 30.2 Å². The number of amides is 1. The predicted molar refractivity (Wildman–Crippen MR) is 44.9 cm³/mol. The highest BCUT2D eigenvalue weighted by atomic mass is 16.6. The minimum absolute atomic E-state index is 0.0648. The standard InChI is InChI=1S/C9H15NO2/c1-10-8(11)12-7-9(10)5-3-2-4-6-9/h2-7H2,1H3. The van der Waals surface area contributed by atoms with Crippen molar-refractivity contribution in [2.75, 3.05) is 13.7 Å². The first-order valence-electron chi connectivity index (χ1n) is 4.65. The molecule has 12 heavy (non-hydrogen) atoms. The summed E-state index contributed by atoms with van der Waals surface area (Å²) in [5, 5.41) is 0. The van der Waals surface area contributed by atoms with Crippen molar-refractivity contribution in [1.29, 1.82) is 0 Å². The van der Waals surface area contributed by atoms with Gasteiger partial charge in [-0.3, -0.25) is 0 Å². The molecular formula is C9H15NO2. The number of ether oxygens (including phenoxy) is 1. The normalized spacial score (nSPS) is 27.8. The lowest BCUT2D eigenvalue weighted by Gasteiger charge is -2.36. The first-order valence-corrected chi connectivity index (χ1v) is 4.65. The van der Waals surface area contributed by atoms with Gasteiger partial charge in [-0.1, -0.05) is 19.3 Å². The zero-order valence-corrected chi connectivity index (χ0v) is 7.51. The van der Waals surface area contributed by atoms with E-state index in [0.29, 0.717) is 6.61 Å². The Morgan fingerprint density at radius 1 is 1.33 bits per heavy atom. The van der Waals surface area contributed by atoms with Gasteiger partial charge in [0.1, 0.15) is 6.61 Å². The third-order valence-corrected chi connectivity index (χ3v) is 3.23. The predicted octanol–water partition coefficient (Wildman–Crippen LogP) is 1.77. The number of carbonyl (C=O) groups is 1. The number of hydrogen-bond acceptors (Lipinski definition) is 2. The number of cyclic esters (lactones) is 1. The lowest BCUT2D eigenvalue weighted by atomic mass is 9.82. The summed E-state index contributed by atoms with van der Waals surface area (Å²) in [5.41, 5.74) is 0.0648. The molecule has 0 radical (unpaired) electrons. The molecule has 0 bridgehead atoms. The Balaban J connectivity index is 2.14. The van der Waals surface area contributed by atoms with Crippen molar-refractivity contribution >= 4 is 6.09 Å². The number of hydrogen-bond donors (Lipinski definition) is 0. The monoisotopic (exact) mass is 169 g/mol. The smallest absolute Gasteiger partial charge is 0.410 e. The van der Waals surface area contributed by atoms with E-state index in [0.717, 1.165) is 12.8 Å². The van der Waals surface area contributed by atoms with Crippen LogP contribution in [0.2, 0.25) is 0 Å². The summed E-state index contributed by atoms with van der Waals surface area (Å²) in [5.74, 6) is 0. The van der Waals surface area contributed by atoms with Crippen LogP contribution in [0, 0.1) is 0 Å². The zero-order chi connectivity index (χ0) is 8.60. The average Bonchev–Trinajstić information content (AvgIpc) is 2.37. The molecular weight excluding hydrogens is 154 g/mol. The van der Waals surface area contributed by atoms with Gasteiger partial charge in [-0.15, -0.1) is 0 Å². The van der Waals surface area contributed by atoms with Crippen LogP contribution in [-0.2, 0) is 4.74 Å². The first-order chi connectivity index (χ1) is 5.75. The molecule has 1 aliphatic carbocycles. The fourth-order valence-electron chi connectivity index (χ4n) is 2.27. The molecule has 1 aliphatic heterocycles. The second-order valence-electron chi connectivity index (χ2n) is 3.90. The Morgan fingerprint density at radius 2 is 2.00 bits per heavy atom. The molecule has 1 heterocycles. The van der Waals surface area contributed by atoms with E-state index in [1.165, 1.54) is 19.3 Å². The average molecular weight is 169 g/mol. The lowest BCUT2D eigenvalue weighted by Crippen LogP contribution is -2.46. The number of rotatable bonds is 0. The van der Waals surface area contributed by atoms with Crippen molar-refractivity contribution in [2.45, 2.75) is 37.6 Å². The molecule has 0 aromatic heterocycles. The summed E-state index contributed by atoms with van der Waals surface area (Å²) in [6.07, 6.45) is 5.88. The highest BCUT2D eigenvalue weighted by Crippen LogP contribution is 2.36. The van der Waals surface area contributed by atoms with E-state index in [4.69, 9.17) is 4.74 Å². The van der Waals surface area contributed by atoms with Gasteiger partial charge in [0, 0.05) is 7.05 Å². The van der Waals surface area contributed by atoms with Crippen LogP contribution in [0.25, 0.3) is 0 Å². The second-order valence-corrected chi connectivity index (χ2v) is 3.90. The summed E-state index contributed by atoms with van der Waals surface area (Å²) >= 11 is 0. The van der Waals surface area contributed by atoms with Crippen molar-refractivity contribution in [2.24, 2.45) is 0 Å². The van der Waals surface area contributed by atoms with Crippen LogP contribution in [0.1, 0.15) is 32.1 Å². The molecule has 1 spiro atoms. The van der Waals surface area contributed by atoms with Crippen LogP contribution in [0.3, 0.4) is 0 Å². The van der Waals surface area contributed by atoms with Gasteiger partial charge in [0.25, 0.3) is 0 Å². The molecule has 0 aromatic carbocycles. The lowest BCUT2D eigenvalue weighted by molar-refractivity contribution is 0.140. The Bertz CT molecular complexity index is 197. The molecule has 68 valence electrons. The van der Waals surface area contributed by atoms with Crippen molar-refractivity contribution < 1.29 is 9.53 Å². The maximum Gasteiger partial charge on any atom is 0.410 e. The number of likely N-dealkylation sites (N-methyl/N-ethyl adjacent to an activating group) is 1. The van der Waals surface area contributed by atoms with E-state index < -0.39 is 0 Å². The Hall–Kier alpha value is -0.730. The van der Waals surface area contributed by atoms with Gasteiger partial charge in [-0.25, -0.2) is 4.79 Å². The maximum absolute atomic E-state index is 11.2. The summed E-state index contributed by atoms with van der Waals surface area (Å²) in [6.45, 7) is 0.613. The SMILES string of the molecule is CN1C(=O)OCC12CCCCC2. The third-order valence-electron chi connectivity index (χ3n) is 3.23. The molecule has 1 saturated heterocycles. The second kappa shape index (κ2) is 2.64. The Labute approximate surface area is 72.7 Å². The topological polar surface area (TPSA) is 29.5 Å². The fourth-order valence-corrected chi connectivity index (χ4v) is 2.27. The molecule has 1 saturated carbocycles. The van der Waals surface area contributed by atoms with E-state index in [1.807, 2.05) is 7.05 Å². The van der Waals surface area contributed by atoms with Gasteiger partial charge < -0.3 is 9.64 Å². The minimum atomic E-state index is -0.142. The minimum Gasteiger partial charge on any atom is -0.447 e. The highest BCUT2D eigenvalue weighted by molar-refractivity contribution is 5.70. The van der Waals surface area contributed by atoms with E-state index in [-0.39, 0.29) is 11.6 Å². The summed E-state index contributed by atoms with van der Waals surface area (Å²) in [6, 6.07) is 0. The summed E-state index contributed by atoms with van der Waals surface area (Å²) < 4.78 is 5.05. The van der Waals surface area contributed by atoms with Crippen LogP contribution in [0.15, 0.2) is 0 Å². The van der Waals surface area contributed by atoms with Gasteiger partial charge in [0.15, 0.2) is 0 Å². The number of carbonyl (C=O) groups excluding carboxylic acids is 1. The van der Waals surface area contributed by atoms with Crippen molar-refractivity contribution in [3.63, 3.8) is 0 Å². The molecule has 3 heteroatoms. The highest BCUT2D eigenvalue weighted by Gasteiger charge is 2.45. The van der Waals surface area contributed by atoms with Crippen molar-refractivity contribution in [1.82, 2.24) is 4.90 Å². The van der Waals surface area contributed by atoms with Gasteiger partial charge in [0.2, 0.25) is 0 Å².